The largest absolute Gasteiger partial charge is 0.493 e. The van der Waals surface area contributed by atoms with Gasteiger partial charge in [-0.15, -0.1) is 0 Å². The van der Waals surface area contributed by atoms with E-state index in [4.69, 9.17) is 14.2 Å². The standard InChI is InChI=1S/C25H34N2O6S/c1-31-22-16-20(17-23(32-2)25(22)33-3)18-26-24(28)13-10-19-8-11-21(12-9-19)34(29,30)27-14-6-4-5-7-15-27/h8-9,11-12,16-17H,4-7,10,13-15,18H2,1-3H3,(H,26,28). The summed E-state index contributed by atoms with van der Waals surface area (Å²) < 4.78 is 43.4. The lowest BCUT2D eigenvalue weighted by Crippen LogP contribution is -2.31. The third-order valence-electron chi connectivity index (χ3n) is 5.98. The molecule has 8 nitrogen and oxygen atoms in total. The van der Waals surface area contributed by atoms with E-state index in [1.54, 1.807) is 62.0 Å². The molecule has 1 heterocycles. The molecule has 0 bridgehead atoms. The van der Waals surface area contributed by atoms with Crippen LogP contribution in [0.2, 0.25) is 0 Å². The zero-order valence-corrected chi connectivity index (χ0v) is 20.9. The molecule has 0 unspecified atom stereocenters. The summed E-state index contributed by atoms with van der Waals surface area (Å²) in [5.41, 5.74) is 1.74. The molecule has 186 valence electrons. The Kier molecular flexibility index (Phi) is 9.18. The quantitative estimate of drug-likeness (QED) is 0.548. The summed E-state index contributed by atoms with van der Waals surface area (Å²) in [6, 6.07) is 10.5. The van der Waals surface area contributed by atoms with Gasteiger partial charge in [0.15, 0.2) is 11.5 Å². The zero-order chi connectivity index (χ0) is 24.6. The third-order valence-corrected chi connectivity index (χ3v) is 7.89. The van der Waals surface area contributed by atoms with Crippen LogP contribution in [0.15, 0.2) is 41.3 Å². The summed E-state index contributed by atoms with van der Waals surface area (Å²) in [5.74, 6) is 1.46. The number of ether oxygens (including phenoxy) is 3. The number of methoxy groups -OCH3 is 3. The van der Waals surface area contributed by atoms with Crippen molar-refractivity contribution >= 4 is 15.9 Å². The summed E-state index contributed by atoms with van der Waals surface area (Å²) >= 11 is 0. The van der Waals surface area contributed by atoms with Crippen LogP contribution in [0.3, 0.4) is 0 Å². The molecule has 2 aromatic carbocycles. The maximum atomic E-state index is 12.9. The van der Waals surface area contributed by atoms with Gasteiger partial charge in [0.05, 0.1) is 26.2 Å². The first kappa shape index (κ1) is 25.8. The number of rotatable bonds is 10. The second kappa shape index (κ2) is 12.1. The van der Waals surface area contributed by atoms with Gasteiger partial charge in [-0.1, -0.05) is 25.0 Å². The topological polar surface area (TPSA) is 94.2 Å². The van der Waals surface area contributed by atoms with Crippen molar-refractivity contribution in [1.29, 1.82) is 0 Å². The average Bonchev–Trinajstić information content (AvgIpc) is 3.16. The van der Waals surface area contributed by atoms with Crippen molar-refractivity contribution in [1.82, 2.24) is 9.62 Å². The number of carbonyl (C=O) groups is 1. The van der Waals surface area contributed by atoms with Gasteiger partial charge >= 0.3 is 0 Å². The molecule has 1 fully saturated rings. The number of sulfonamides is 1. The number of amides is 1. The number of carbonyl (C=O) groups excluding carboxylic acids is 1. The van der Waals surface area contributed by atoms with Gasteiger partial charge in [0.2, 0.25) is 21.7 Å². The Labute approximate surface area is 202 Å². The number of nitrogens with one attached hydrogen (secondary N) is 1. The molecular weight excluding hydrogens is 456 g/mol. The van der Waals surface area contributed by atoms with E-state index in [-0.39, 0.29) is 5.91 Å². The molecule has 1 amide bonds. The van der Waals surface area contributed by atoms with Crippen molar-refractivity contribution in [3.63, 3.8) is 0 Å². The highest BCUT2D eigenvalue weighted by molar-refractivity contribution is 7.89. The fraction of sp³-hybridized carbons (Fsp3) is 0.480. The number of aryl methyl sites for hydroxylation is 1. The van der Waals surface area contributed by atoms with Gasteiger partial charge in [0.25, 0.3) is 0 Å². The fourth-order valence-corrected chi connectivity index (χ4v) is 5.56. The van der Waals surface area contributed by atoms with Crippen molar-refractivity contribution in [2.24, 2.45) is 0 Å². The van der Waals surface area contributed by atoms with Crippen LogP contribution < -0.4 is 19.5 Å². The van der Waals surface area contributed by atoms with Crippen molar-refractivity contribution in [2.45, 2.75) is 50.0 Å². The Morgan fingerprint density at radius 1 is 0.882 bits per heavy atom. The molecule has 0 aliphatic carbocycles. The Morgan fingerprint density at radius 3 is 2.00 bits per heavy atom. The second-order valence-corrected chi connectivity index (χ2v) is 10.2. The maximum Gasteiger partial charge on any atom is 0.243 e. The number of nitrogens with zero attached hydrogens (tertiary/aromatic N) is 1. The lowest BCUT2D eigenvalue weighted by molar-refractivity contribution is -0.121. The molecule has 3 rings (SSSR count). The average molecular weight is 491 g/mol. The van der Waals surface area contributed by atoms with Crippen molar-refractivity contribution < 1.29 is 27.4 Å². The molecule has 1 N–H and O–H groups in total. The van der Waals surface area contributed by atoms with E-state index in [0.717, 1.165) is 36.8 Å². The SMILES string of the molecule is COc1cc(CNC(=O)CCc2ccc(S(=O)(=O)N3CCCCCC3)cc2)cc(OC)c1OC. The molecule has 1 aliphatic heterocycles. The van der Waals surface area contributed by atoms with Crippen LogP contribution in [0.1, 0.15) is 43.2 Å². The molecule has 0 aromatic heterocycles. The molecule has 34 heavy (non-hydrogen) atoms. The van der Waals surface area contributed by atoms with Gasteiger partial charge in [-0.3, -0.25) is 4.79 Å². The second-order valence-electron chi connectivity index (χ2n) is 8.27. The molecule has 9 heteroatoms. The van der Waals surface area contributed by atoms with Crippen LogP contribution in [0.25, 0.3) is 0 Å². The van der Waals surface area contributed by atoms with E-state index < -0.39 is 10.0 Å². The first-order chi connectivity index (χ1) is 16.4. The fourth-order valence-electron chi connectivity index (χ4n) is 4.04. The molecule has 0 spiro atoms. The minimum Gasteiger partial charge on any atom is -0.493 e. The van der Waals surface area contributed by atoms with E-state index >= 15 is 0 Å². The highest BCUT2D eigenvalue weighted by Gasteiger charge is 2.25. The zero-order valence-electron chi connectivity index (χ0n) is 20.1. The summed E-state index contributed by atoms with van der Waals surface area (Å²) in [5, 5.41) is 2.90. The van der Waals surface area contributed by atoms with Gasteiger partial charge < -0.3 is 19.5 Å². The van der Waals surface area contributed by atoms with Gasteiger partial charge in [-0.05, 0) is 54.7 Å². The van der Waals surface area contributed by atoms with Crippen molar-refractivity contribution in [3.05, 3.63) is 47.5 Å². The Morgan fingerprint density at radius 2 is 1.47 bits per heavy atom. The summed E-state index contributed by atoms with van der Waals surface area (Å²) in [7, 11) is 1.17. The molecule has 0 radical (unpaired) electrons. The predicted molar refractivity (Wildman–Crippen MR) is 130 cm³/mol. The van der Waals surface area contributed by atoms with Gasteiger partial charge in [-0.2, -0.15) is 4.31 Å². The third kappa shape index (κ3) is 6.42. The van der Waals surface area contributed by atoms with Crippen molar-refractivity contribution in [2.75, 3.05) is 34.4 Å². The van der Waals surface area contributed by atoms with Gasteiger partial charge in [0.1, 0.15) is 0 Å². The summed E-state index contributed by atoms with van der Waals surface area (Å²) in [4.78, 5) is 12.7. The minimum absolute atomic E-state index is 0.102. The highest BCUT2D eigenvalue weighted by Crippen LogP contribution is 2.38. The molecule has 1 aliphatic rings. The van der Waals surface area contributed by atoms with Crippen LogP contribution in [0, 0.1) is 0 Å². The van der Waals surface area contributed by atoms with E-state index in [0.29, 0.717) is 54.6 Å². The monoisotopic (exact) mass is 490 g/mol. The molecule has 0 atom stereocenters. The highest BCUT2D eigenvalue weighted by atomic mass is 32.2. The number of hydrogen-bond acceptors (Lipinski definition) is 6. The Bertz CT molecular complexity index is 1040. The van der Waals surface area contributed by atoms with Crippen LogP contribution in [0.4, 0.5) is 0 Å². The Balaban J connectivity index is 1.54. The van der Waals surface area contributed by atoms with E-state index in [2.05, 4.69) is 5.32 Å². The molecule has 2 aromatic rings. The number of hydrogen-bond donors (Lipinski definition) is 1. The van der Waals surface area contributed by atoms with Crippen LogP contribution >= 0.6 is 0 Å². The summed E-state index contributed by atoms with van der Waals surface area (Å²) in [6.45, 7) is 1.48. The molecule has 0 saturated carbocycles. The smallest absolute Gasteiger partial charge is 0.243 e. The van der Waals surface area contributed by atoms with E-state index in [9.17, 15) is 13.2 Å². The lowest BCUT2D eigenvalue weighted by Gasteiger charge is -2.20. The van der Waals surface area contributed by atoms with Gasteiger partial charge in [-0.25, -0.2) is 8.42 Å². The van der Waals surface area contributed by atoms with E-state index in [1.807, 2.05) is 0 Å². The lowest BCUT2D eigenvalue weighted by atomic mass is 10.1. The first-order valence-corrected chi connectivity index (χ1v) is 13.0. The van der Waals surface area contributed by atoms with Crippen LogP contribution in [0.5, 0.6) is 17.2 Å². The number of benzene rings is 2. The van der Waals surface area contributed by atoms with Crippen molar-refractivity contribution in [3.8, 4) is 17.2 Å². The Hall–Kier alpha value is -2.78. The molecule has 1 saturated heterocycles. The van der Waals surface area contributed by atoms with E-state index in [1.165, 1.54) is 0 Å². The maximum absolute atomic E-state index is 12.9. The minimum atomic E-state index is -3.46. The van der Waals surface area contributed by atoms with Gasteiger partial charge in [0, 0.05) is 26.1 Å². The van der Waals surface area contributed by atoms with Crippen LogP contribution in [-0.2, 0) is 27.8 Å². The predicted octanol–water partition coefficient (Wildman–Crippen LogP) is 3.53. The molecular formula is C25H34N2O6S. The van der Waals surface area contributed by atoms with Crippen LogP contribution in [-0.4, -0.2) is 53.0 Å². The first-order valence-electron chi connectivity index (χ1n) is 11.5. The normalized spacial score (nSPS) is 14.8. The summed E-state index contributed by atoms with van der Waals surface area (Å²) in [6.07, 6.45) is 4.78.